The number of carbonyl (C=O) groups is 1. The van der Waals surface area contributed by atoms with E-state index in [9.17, 15) is 13.2 Å². The fraction of sp³-hybridized carbons (Fsp3) is 0.519. The van der Waals surface area contributed by atoms with Gasteiger partial charge in [-0.2, -0.15) is 4.31 Å². The number of benzene rings is 2. The third-order valence-corrected chi connectivity index (χ3v) is 8.44. The molecule has 6 nitrogen and oxygen atoms in total. The lowest BCUT2D eigenvalue weighted by molar-refractivity contribution is 0.102. The third-order valence-electron chi connectivity index (χ3n) is 6.51. The minimum absolute atomic E-state index is 0.0612. The smallest absolute Gasteiger partial charge is 0.255 e. The van der Waals surface area contributed by atoms with Crippen molar-refractivity contribution in [2.24, 2.45) is 0 Å². The summed E-state index contributed by atoms with van der Waals surface area (Å²) < 4.78 is 33.2. The molecule has 0 spiro atoms. The van der Waals surface area contributed by atoms with Crippen LogP contribution in [0.1, 0.15) is 81.5 Å². The van der Waals surface area contributed by atoms with Gasteiger partial charge in [-0.15, -0.1) is 0 Å². The van der Waals surface area contributed by atoms with Gasteiger partial charge in [0, 0.05) is 24.3 Å². The number of hydrogen-bond donors (Lipinski definition) is 1. The van der Waals surface area contributed by atoms with E-state index in [4.69, 9.17) is 4.74 Å². The molecule has 0 atom stereocenters. The van der Waals surface area contributed by atoms with E-state index in [0.29, 0.717) is 17.9 Å². The van der Waals surface area contributed by atoms with Crippen LogP contribution in [0.3, 0.4) is 0 Å². The second-order valence-corrected chi connectivity index (χ2v) is 11.1. The third kappa shape index (κ3) is 7.31. The largest absolute Gasteiger partial charge is 0.494 e. The van der Waals surface area contributed by atoms with Gasteiger partial charge in [0.25, 0.3) is 5.91 Å². The molecule has 1 saturated carbocycles. The van der Waals surface area contributed by atoms with Crippen molar-refractivity contribution in [1.29, 1.82) is 0 Å². The van der Waals surface area contributed by atoms with Crippen LogP contribution >= 0.6 is 0 Å². The maximum Gasteiger partial charge on any atom is 0.255 e. The normalized spacial score (nSPS) is 14.8. The number of unbranched alkanes of at least 4 members (excludes halogenated alkanes) is 4. The summed E-state index contributed by atoms with van der Waals surface area (Å²) in [6.07, 6.45) is 11.1. The number of nitrogens with one attached hydrogen (secondary N) is 1. The summed E-state index contributed by atoms with van der Waals surface area (Å²) in [7, 11) is -1.88. The Kier molecular flexibility index (Phi) is 9.96. The molecule has 1 aliphatic rings. The molecular weight excluding hydrogens is 448 g/mol. The van der Waals surface area contributed by atoms with E-state index >= 15 is 0 Å². The zero-order chi connectivity index (χ0) is 24.4. The van der Waals surface area contributed by atoms with E-state index in [1.807, 2.05) is 0 Å². The van der Waals surface area contributed by atoms with E-state index in [1.165, 1.54) is 36.4 Å². The van der Waals surface area contributed by atoms with Gasteiger partial charge in [-0.05, 0) is 67.8 Å². The van der Waals surface area contributed by atoms with E-state index in [-0.39, 0.29) is 16.8 Å². The lowest BCUT2D eigenvalue weighted by Gasteiger charge is -2.30. The maximum atomic E-state index is 13.0. The molecule has 0 aliphatic heterocycles. The van der Waals surface area contributed by atoms with Crippen molar-refractivity contribution < 1.29 is 17.9 Å². The maximum absolute atomic E-state index is 13.0. The highest BCUT2D eigenvalue weighted by Gasteiger charge is 2.28. The van der Waals surface area contributed by atoms with Crippen molar-refractivity contribution in [2.75, 3.05) is 19.0 Å². The molecule has 3 rings (SSSR count). The highest BCUT2D eigenvalue weighted by atomic mass is 32.2. The minimum atomic E-state index is -3.55. The zero-order valence-electron chi connectivity index (χ0n) is 20.5. The Labute approximate surface area is 204 Å². The lowest BCUT2D eigenvalue weighted by Crippen LogP contribution is -2.38. The van der Waals surface area contributed by atoms with Crippen LogP contribution in [0.5, 0.6) is 5.75 Å². The van der Waals surface area contributed by atoms with E-state index in [2.05, 4.69) is 12.2 Å². The standard InChI is InChI=1S/C27H38N2O4S/c1-3-4-5-6-10-21-33-25-17-13-22(14-18-25)27(30)28-23-15-19-26(20-16-23)34(31,32)29(2)24-11-8-7-9-12-24/h13-20,24H,3-12,21H2,1-2H3,(H,28,30). The predicted octanol–water partition coefficient (Wildman–Crippen LogP) is 6.24. The number of carbonyl (C=O) groups excluding carboxylic acids is 1. The van der Waals surface area contributed by atoms with Crippen LogP contribution < -0.4 is 10.1 Å². The van der Waals surface area contributed by atoms with E-state index in [0.717, 1.165) is 37.9 Å². The molecule has 1 aliphatic carbocycles. The fourth-order valence-corrected chi connectivity index (χ4v) is 5.73. The van der Waals surface area contributed by atoms with Crippen molar-refractivity contribution in [3.8, 4) is 5.75 Å². The molecule has 2 aromatic rings. The quantitative estimate of drug-likeness (QED) is 0.360. The molecule has 1 amide bonds. The number of rotatable bonds is 12. The first-order chi connectivity index (χ1) is 16.4. The summed E-state index contributed by atoms with van der Waals surface area (Å²) in [6.45, 7) is 2.88. The average molecular weight is 487 g/mol. The van der Waals surface area contributed by atoms with Crippen molar-refractivity contribution in [3.05, 3.63) is 54.1 Å². The van der Waals surface area contributed by atoms with Gasteiger partial charge in [-0.25, -0.2) is 8.42 Å². The first-order valence-corrected chi connectivity index (χ1v) is 14.0. The van der Waals surface area contributed by atoms with E-state index in [1.54, 1.807) is 55.6 Å². The lowest BCUT2D eigenvalue weighted by atomic mass is 9.96. The number of ether oxygens (including phenoxy) is 1. The SMILES string of the molecule is CCCCCCCOc1ccc(C(=O)Nc2ccc(S(=O)(=O)N(C)C3CCCCC3)cc2)cc1. The average Bonchev–Trinajstić information content (AvgIpc) is 2.87. The van der Waals surface area contributed by atoms with Gasteiger partial charge in [0.15, 0.2) is 0 Å². The molecule has 0 radical (unpaired) electrons. The van der Waals surface area contributed by atoms with Gasteiger partial charge in [0.05, 0.1) is 11.5 Å². The highest BCUT2D eigenvalue weighted by molar-refractivity contribution is 7.89. The Morgan fingerprint density at radius 3 is 2.24 bits per heavy atom. The van der Waals surface area contributed by atoms with Gasteiger partial charge in [0.1, 0.15) is 5.75 Å². The molecule has 7 heteroatoms. The predicted molar refractivity (Wildman–Crippen MR) is 137 cm³/mol. The van der Waals surface area contributed by atoms with Crippen LogP contribution in [0.15, 0.2) is 53.4 Å². The highest BCUT2D eigenvalue weighted by Crippen LogP contribution is 2.27. The first-order valence-electron chi connectivity index (χ1n) is 12.5. The molecular formula is C27H38N2O4S. The van der Waals surface area contributed by atoms with Crippen molar-refractivity contribution in [1.82, 2.24) is 4.31 Å². The van der Waals surface area contributed by atoms with Gasteiger partial charge < -0.3 is 10.1 Å². The van der Waals surface area contributed by atoms with Gasteiger partial charge >= 0.3 is 0 Å². The summed E-state index contributed by atoms with van der Waals surface area (Å²) in [5.74, 6) is 0.504. The molecule has 0 aromatic heterocycles. The van der Waals surface area contributed by atoms with Crippen molar-refractivity contribution in [2.45, 2.75) is 82.1 Å². The summed E-state index contributed by atoms with van der Waals surface area (Å²) >= 11 is 0. The molecule has 1 fully saturated rings. The molecule has 2 aromatic carbocycles. The first kappa shape index (κ1) is 26.2. The number of hydrogen-bond acceptors (Lipinski definition) is 4. The minimum Gasteiger partial charge on any atom is -0.494 e. The number of anilines is 1. The Bertz CT molecular complexity index is 998. The second kappa shape index (κ2) is 12.9. The van der Waals surface area contributed by atoms with Gasteiger partial charge in [-0.1, -0.05) is 51.9 Å². The molecule has 0 unspecified atom stereocenters. The Hall–Kier alpha value is -2.38. The summed E-state index contributed by atoms with van der Waals surface area (Å²) in [5.41, 5.74) is 1.07. The number of sulfonamides is 1. The molecule has 186 valence electrons. The second-order valence-electron chi connectivity index (χ2n) is 9.08. The van der Waals surface area contributed by atoms with Crippen LogP contribution in [0.25, 0.3) is 0 Å². The molecule has 0 heterocycles. The molecule has 34 heavy (non-hydrogen) atoms. The van der Waals surface area contributed by atoms with Crippen LogP contribution in [-0.4, -0.2) is 38.3 Å². The molecule has 0 saturated heterocycles. The molecule has 0 bridgehead atoms. The Morgan fingerprint density at radius 1 is 0.941 bits per heavy atom. The van der Waals surface area contributed by atoms with Gasteiger partial charge in [0.2, 0.25) is 10.0 Å². The molecule has 1 N–H and O–H groups in total. The summed E-state index contributed by atoms with van der Waals surface area (Å²) in [4.78, 5) is 12.8. The fourth-order valence-electron chi connectivity index (χ4n) is 4.32. The van der Waals surface area contributed by atoms with Crippen LogP contribution in [0, 0.1) is 0 Å². The van der Waals surface area contributed by atoms with E-state index < -0.39 is 10.0 Å². The monoisotopic (exact) mass is 486 g/mol. The Morgan fingerprint density at radius 2 is 1.59 bits per heavy atom. The summed E-state index contributed by atoms with van der Waals surface area (Å²) in [6, 6.07) is 13.5. The van der Waals surface area contributed by atoms with Crippen LogP contribution in [0.4, 0.5) is 5.69 Å². The number of nitrogens with zero attached hydrogens (tertiary/aromatic N) is 1. The van der Waals surface area contributed by atoms with Gasteiger partial charge in [-0.3, -0.25) is 4.79 Å². The van der Waals surface area contributed by atoms with Crippen molar-refractivity contribution in [3.63, 3.8) is 0 Å². The summed E-state index contributed by atoms with van der Waals surface area (Å²) in [5, 5.41) is 2.83. The van der Waals surface area contributed by atoms with Crippen LogP contribution in [-0.2, 0) is 10.0 Å². The number of amides is 1. The Balaban J connectivity index is 1.52. The topological polar surface area (TPSA) is 75.7 Å². The van der Waals surface area contributed by atoms with Crippen molar-refractivity contribution >= 4 is 21.6 Å². The zero-order valence-corrected chi connectivity index (χ0v) is 21.3. The van der Waals surface area contributed by atoms with Crippen LogP contribution in [0.2, 0.25) is 0 Å².